The van der Waals surface area contributed by atoms with Gasteiger partial charge in [-0.2, -0.15) is 5.10 Å². The van der Waals surface area contributed by atoms with Gasteiger partial charge in [-0.15, -0.1) is 0 Å². The van der Waals surface area contributed by atoms with Crippen LogP contribution in [0.3, 0.4) is 0 Å². The fraction of sp³-hybridized carbons (Fsp3) is 0.211. The van der Waals surface area contributed by atoms with Gasteiger partial charge < -0.3 is 0 Å². The average Bonchev–Trinajstić information content (AvgIpc) is 2.92. The second-order valence-corrected chi connectivity index (χ2v) is 5.74. The van der Waals surface area contributed by atoms with Crippen molar-refractivity contribution in [3.8, 4) is 0 Å². The van der Waals surface area contributed by atoms with Crippen molar-refractivity contribution in [2.75, 3.05) is 0 Å². The number of nitrogens with zero attached hydrogens (tertiary/aromatic N) is 1. The number of nitrogens with one attached hydrogen (secondary N) is 1. The Morgan fingerprint density at radius 3 is 1.87 bits per heavy atom. The van der Waals surface area contributed by atoms with Crippen molar-refractivity contribution in [3.05, 3.63) is 88.7 Å². The lowest BCUT2D eigenvalue weighted by Crippen LogP contribution is -2.33. The monoisotopic (exact) mass is 308 g/mol. The van der Waals surface area contributed by atoms with Gasteiger partial charge in [0.15, 0.2) is 5.60 Å². The first kappa shape index (κ1) is 15.5. The van der Waals surface area contributed by atoms with Gasteiger partial charge in [0, 0.05) is 12.1 Å². The van der Waals surface area contributed by atoms with Crippen molar-refractivity contribution in [2.24, 2.45) is 0 Å². The number of aromatic nitrogens is 2. The van der Waals surface area contributed by atoms with Crippen LogP contribution in [0.15, 0.2) is 60.7 Å². The standard InChI is InChI=1S/C19H20N2O2/c1-14-18(15(2)21-20-14)13-19(23-22,16-9-5-3-6-10-16)17-11-7-4-8-12-17/h3-12,22H,13H2,1-2H3,(H,20,21). The first-order valence-corrected chi connectivity index (χ1v) is 7.61. The summed E-state index contributed by atoms with van der Waals surface area (Å²) in [6, 6.07) is 19.5. The van der Waals surface area contributed by atoms with Gasteiger partial charge in [0.1, 0.15) is 0 Å². The van der Waals surface area contributed by atoms with Crippen LogP contribution in [-0.4, -0.2) is 15.5 Å². The highest BCUT2D eigenvalue weighted by Crippen LogP contribution is 2.37. The summed E-state index contributed by atoms with van der Waals surface area (Å²) in [5, 5.41) is 17.2. The molecule has 0 aliphatic rings. The summed E-state index contributed by atoms with van der Waals surface area (Å²) in [6.07, 6.45) is 0.492. The minimum Gasteiger partial charge on any atom is -0.282 e. The molecule has 4 nitrogen and oxygen atoms in total. The predicted molar refractivity (Wildman–Crippen MR) is 89.1 cm³/mol. The summed E-state index contributed by atoms with van der Waals surface area (Å²) in [4.78, 5) is 5.15. The molecule has 0 spiro atoms. The minimum absolute atomic E-state index is 0.492. The van der Waals surface area contributed by atoms with Crippen molar-refractivity contribution in [3.63, 3.8) is 0 Å². The molecule has 0 bridgehead atoms. The van der Waals surface area contributed by atoms with E-state index in [4.69, 9.17) is 4.89 Å². The summed E-state index contributed by atoms with van der Waals surface area (Å²) < 4.78 is 0. The lowest BCUT2D eigenvalue weighted by atomic mass is 9.81. The molecule has 3 rings (SSSR count). The maximum absolute atomic E-state index is 9.93. The van der Waals surface area contributed by atoms with Gasteiger partial charge in [0.2, 0.25) is 0 Å². The number of hydrogen-bond donors (Lipinski definition) is 2. The molecule has 3 aromatic rings. The van der Waals surface area contributed by atoms with E-state index in [0.29, 0.717) is 6.42 Å². The Morgan fingerprint density at radius 1 is 0.957 bits per heavy atom. The summed E-state index contributed by atoms with van der Waals surface area (Å²) >= 11 is 0. The topological polar surface area (TPSA) is 58.1 Å². The smallest absolute Gasteiger partial charge is 0.157 e. The summed E-state index contributed by atoms with van der Waals surface area (Å²) in [6.45, 7) is 3.93. The largest absolute Gasteiger partial charge is 0.282 e. The van der Waals surface area contributed by atoms with E-state index in [1.54, 1.807) is 0 Å². The third-order valence-electron chi connectivity index (χ3n) is 4.34. The Bertz CT molecular complexity index is 708. The highest BCUT2D eigenvalue weighted by molar-refractivity contribution is 5.40. The molecule has 2 N–H and O–H groups in total. The molecule has 0 atom stereocenters. The van der Waals surface area contributed by atoms with Crippen molar-refractivity contribution >= 4 is 0 Å². The molecule has 118 valence electrons. The third-order valence-corrected chi connectivity index (χ3v) is 4.34. The summed E-state index contributed by atoms with van der Waals surface area (Å²) in [5.41, 5.74) is 3.77. The molecular formula is C19H20N2O2. The Balaban J connectivity index is 2.17. The number of aromatic amines is 1. The molecular weight excluding hydrogens is 288 g/mol. The van der Waals surface area contributed by atoms with Gasteiger partial charge >= 0.3 is 0 Å². The summed E-state index contributed by atoms with van der Waals surface area (Å²) in [7, 11) is 0. The summed E-state index contributed by atoms with van der Waals surface area (Å²) in [5.74, 6) is 0. The number of hydrogen-bond acceptors (Lipinski definition) is 3. The zero-order valence-corrected chi connectivity index (χ0v) is 13.3. The van der Waals surface area contributed by atoms with Gasteiger partial charge in [-0.1, -0.05) is 60.7 Å². The average molecular weight is 308 g/mol. The Morgan fingerprint density at radius 2 is 1.48 bits per heavy atom. The van der Waals surface area contributed by atoms with Gasteiger partial charge in [0.25, 0.3) is 0 Å². The van der Waals surface area contributed by atoms with Crippen LogP contribution in [-0.2, 0) is 16.9 Å². The Labute approximate surface area is 135 Å². The number of benzene rings is 2. The van der Waals surface area contributed by atoms with E-state index in [9.17, 15) is 5.26 Å². The molecule has 0 fully saturated rings. The zero-order valence-electron chi connectivity index (χ0n) is 13.3. The molecule has 0 saturated carbocycles. The third kappa shape index (κ3) is 2.79. The molecule has 0 aliphatic carbocycles. The molecule has 0 amide bonds. The fourth-order valence-electron chi connectivity index (χ4n) is 3.01. The normalized spacial score (nSPS) is 11.6. The van der Waals surface area contributed by atoms with Crippen LogP contribution in [0, 0.1) is 13.8 Å². The van der Waals surface area contributed by atoms with Gasteiger partial charge in [-0.05, 0) is 30.5 Å². The molecule has 0 saturated heterocycles. The highest BCUT2D eigenvalue weighted by atomic mass is 17.1. The van der Waals surface area contributed by atoms with Crippen LogP contribution in [0.2, 0.25) is 0 Å². The van der Waals surface area contributed by atoms with Crippen LogP contribution in [0.5, 0.6) is 0 Å². The number of aryl methyl sites for hydroxylation is 2. The van der Waals surface area contributed by atoms with E-state index in [2.05, 4.69) is 10.2 Å². The van der Waals surface area contributed by atoms with Crippen molar-refractivity contribution < 1.29 is 10.1 Å². The van der Waals surface area contributed by atoms with Crippen LogP contribution >= 0.6 is 0 Å². The van der Waals surface area contributed by atoms with E-state index in [0.717, 1.165) is 28.1 Å². The van der Waals surface area contributed by atoms with Crippen LogP contribution < -0.4 is 0 Å². The minimum atomic E-state index is -0.970. The van der Waals surface area contributed by atoms with Crippen molar-refractivity contribution in [1.29, 1.82) is 0 Å². The first-order chi connectivity index (χ1) is 11.2. The van der Waals surface area contributed by atoms with E-state index < -0.39 is 5.60 Å². The van der Waals surface area contributed by atoms with Gasteiger partial charge in [0.05, 0.1) is 5.69 Å². The maximum Gasteiger partial charge on any atom is 0.157 e. The quantitative estimate of drug-likeness (QED) is 0.553. The van der Waals surface area contributed by atoms with Gasteiger partial charge in [-0.25, -0.2) is 4.89 Å². The Kier molecular flexibility index (Phi) is 4.28. The lowest BCUT2D eigenvalue weighted by Gasteiger charge is -2.31. The lowest BCUT2D eigenvalue weighted by molar-refractivity contribution is -0.315. The van der Waals surface area contributed by atoms with E-state index in [-0.39, 0.29) is 0 Å². The molecule has 2 aromatic carbocycles. The molecule has 4 heteroatoms. The first-order valence-electron chi connectivity index (χ1n) is 7.61. The van der Waals surface area contributed by atoms with E-state index >= 15 is 0 Å². The van der Waals surface area contributed by atoms with Crippen molar-refractivity contribution in [2.45, 2.75) is 25.9 Å². The SMILES string of the molecule is Cc1n[nH]c(C)c1CC(OO)(c1ccccc1)c1ccccc1. The highest BCUT2D eigenvalue weighted by Gasteiger charge is 2.37. The number of H-pyrrole nitrogens is 1. The maximum atomic E-state index is 9.93. The molecule has 0 aliphatic heterocycles. The van der Waals surface area contributed by atoms with E-state index in [1.807, 2.05) is 74.5 Å². The molecule has 1 heterocycles. The van der Waals surface area contributed by atoms with Crippen LogP contribution in [0.1, 0.15) is 28.1 Å². The fourth-order valence-corrected chi connectivity index (χ4v) is 3.01. The molecule has 0 unspecified atom stereocenters. The Hall–Kier alpha value is -2.43. The predicted octanol–water partition coefficient (Wildman–Crippen LogP) is 4.00. The second kappa shape index (κ2) is 6.36. The molecule has 23 heavy (non-hydrogen) atoms. The van der Waals surface area contributed by atoms with Crippen LogP contribution in [0.4, 0.5) is 0 Å². The van der Waals surface area contributed by atoms with Crippen molar-refractivity contribution in [1.82, 2.24) is 10.2 Å². The zero-order chi connectivity index (χ0) is 16.3. The molecule has 0 radical (unpaired) electrons. The second-order valence-electron chi connectivity index (χ2n) is 5.74. The van der Waals surface area contributed by atoms with Gasteiger partial charge in [-0.3, -0.25) is 10.4 Å². The molecule has 1 aromatic heterocycles. The van der Waals surface area contributed by atoms with E-state index in [1.165, 1.54) is 0 Å². The number of rotatable bonds is 5. The van der Waals surface area contributed by atoms with Crippen LogP contribution in [0.25, 0.3) is 0 Å².